The average Bonchev–Trinajstić information content (AvgIpc) is 2.81. The van der Waals surface area contributed by atoms with Gasteiger partial charge in [0.05, 0.1) is 6.26 Å². The lowest BCUT2D eigenvalue weighted by atomic mass is 10.0. The molecule has 0 aliphatic rings. The smallest absolute Gasteiger partial charge is 0.129 e. The lowest BCUT2D eigenvalue weighted by Crippen LogP contribution is -2.08. The molecule has 1 atom stereocenters. The van der Waals surface area contributed by atoms with Crippen LogP contribution in [0.3, 0.4) is 0 Å². The predicted octanol–water partition coefficient (Wildman–Crippen LogP) is 3.47. The monoisotopic (exact) mass is 239 g/mol. The normalized spacial score (nSPS) is 12.9. The molecule has 1 rings (SSSR count). The SMILES string of the molecule is CCCCC(CC)COCc1cc(CN)co1. The Labute approximate surface area is 104 Å². The molecular weight excluding hydrogens is 214 g/mol. The first-order chi connectivity index (χ1) is 8.30. The molecule has 1 aromatic heterocycles. The first kappa shape index (κ1) is 14.3. The highest BCUT2D eigenvalue weighted by Gasteiger charge is 2.07. The Kier molecular flexibility index (Phi) is 6.97. The molecule has 2 N–H and O–H groups in total. The number of unbranched alkanes of at least 4 members (excludes halogenated alkanes) is 1. The first-order valence-corrected chi connectivity index (χ1v) is 6.64. The summed E-state index contributed by atoms with van der Waals surface area (Å²) in [5, 5.41) is 0. The molecule has 0 aliphatic heterocycles. The molecule has 3 heteroatoms. The van der Waals surface area contributed by atoms with Gasteiger partial charge in [0.1, 0.15) is 12.4 Å². The Morgan fingerprint density at radius 2 is 2.24 bits per heavy atom. The molecule has 0 radical (unpaired) electrons. The van der Waals surface area contributed by atoms with Gasteiger partial charge >= 0.3 is 0 Å². The number of rotatable bonds is 9. The fourth-order valence-corrected chi connectivity index (χ4v) is 1.83. The van der Waals surface area contributed by atoms with Crippen molar-refractivity contribution in [1.82, 2.24) is 0 Å². The van der Waals surface area contributed by atoms with Gasteiger partial charge in [-0.05, 0) is 18.4 Å². The molecule has 0 fully saturated rings. The molecule has 0 saturated heterocycles. The minimum Gasteiger partial charge on any atom is -0.467 e. The van der Waals surface area contributed by atoms with Crippen LogP contribution in [0.15, 0.2) is 16.7 Å². The van der Waals surface area contributed by atoms with E-state index in [1.165, 1.54) is 25.7 Å². The minimum atomic E-state index is 0.525. The fraction of sp³-hybridized carbons (Fsp3) is 0.714. The topological polar surface area (TPSA) is 48.4 Å². The van der Waals surface area contributed by atoms with E-state index in [0.29, 0.717) is 19.1 Å². The van der Waals surface area contributed by atoms with Crippen molar-refractivity contribution < 1.29 is 9.15 Å². The van der Waals surface area contributed by atoms with Crippen molar-refractivity contribution in [2.75, 3.05) is 6.61 Å². The molecular formula is C14H25NO2. The van der Waals surface area contributed by atoms with Gasteiger partial charge in [0.15, 0.2) is 0 Å². The van der Waals surface area contributed by atoms with Crippen LogP contribution in [0.25, 0.3) is 0 Å². The number of nitrogens with two attached hydrogens (primary N) is 1. The maximum Gasteiger partial charge on any atom is 0.129 e. The number of ether oxygens (including phenoxy) is 1. The summed E-state index contributed by atoms with van der Waals surface area (Å²) in [6, 6.07) is 1.97. The molecule has 0 spiro atoms. The molecule has 17 heavy (non-hydrogen) atoms. The van der Waals surface area contributed by atoms with Crippen molar-refractivity contribution in [3.63, 3.8) is 0 Å². The van der Waals surface area contributed by atoms with Gasteiger partial charge in [0.2, 0.25) is 0 Å². The summed E-state index contributed by atoms with van der Waals surface area (Å²) < 4.78 is 11.0. The van der Waals surface area contributed by atoms with Crippen molar-refractivity contribution in [2.45, 2.75) is 52.7 Å². The quantitative estimate of drug-likeness (QED) is 0.717. The zero-order valence-corrected chi connectivity index (χ0v) is 11.1. The van der Waals surface area contributed by atoms with Crippen LogP contribution in [-0.2, 0) is 17.9 Å². The van der Waals surface area contributed by atoms with Crippen LogP contribution in [-0.4, -0.2) is 6.61 Å². The van der Waals surface area contributed by atoms with Crippen LogP contribution >= 0.6 is 0 Å². The van der Waals surface area contributed by atoms with Gasteiger partial charge in [-0.2, -0.15) is 0 Å². The van der Waals surface area contributed by atoms with E-state index in [2.05, 4.69) is 13.8 Å². The highest BCUT2D eigenvalue weighted by Crippen LogP contribution is 2.14. The van der Waals surface area contributed by atoms with E-state index in [-0.39, 0.29) is 0 Å². The van der Waals surface area contributed by atoms with Crippen LogP contribution in [0.4, 0.5) is 0 Å². The molecule has 0 amide bonds. The number of hydrogen-bond donors (Lipinski definition) is 1. The molecule has 0 aromatic carbocycles. The largest absolute Gasteiger partial charge is 0.467 e. The van der Waals surface area contributed by atoms with Crippen LogP contribution in [0.1, 0.15) is 50.9 Å². The second kappa shape index (κ2) is 8.31. The second-order valence-electron chi connectivity index (χ2n) is 4.56. The molecule has 1 heterocycles. The maximum absolute atomic E-state index is 5.69. The van der Waals surface area contributed by atoms with Gasteiger partial charge in [0, 0.05) is 18.7 Å². The lowest BCUT2D eigenvalue weighted by molar-refractivity contribution is 0.0709. The van der Waals surface area contributed by atoms with Gasteiger partial charge < -0.3 is 14.9 Å². The lowest BCUT2D eigenvalue weighted by Gasteiger charge is -2.13. The van der Waals surface area contributed by atoms with Crippen molar-refractivity contribution in [3.8, 4) is 0 Å². The Balaban J connectivity index is 2.21. The summed E-state index contributed by atoms with van der Waals surface area (Å²) in [5.74, 6) is 1.55. The Hall–Kier alpha value is -0.800. The molecule has 1 unspecified atom stereocenters. The van der Waals surface area contributed by atoms with Gasteiger partial charge in [-0.3, -0.25) is 0 Å². The summed E-state index contributed by atoms with van der Waals surface area (Å²) in [6.07, 6.45) is 6.70. The third kappa shape index (κ3) is 5.37. The summed E-state index contributed by atoms with van der Waals surface area (Å²) in [7, 11) is 0. The van der Waals surface area contributed by atoms with Crippen LogP contribution < -0.4 is 5.73 Å². The van der Waals surface area contributed by atoms with E-state index in [1.54, 1.807) is 6.26 Å². The first-order valence-electron chi connectivity index (χ1n) is 6.64. The summed E-state index contributed by atoms with van der Waals surface area (Å²) in [6.45, 7) is 6.36. The summed E-state index contributed by atoms with van der Waals surface area (Å²) >= 11 is 0. The molecule has 3 nitrogen and oxygen atoms in total. The van der Waals surface area contributed by atoms with Gasteiger partial charge in [-0.25, -0.2) is 0 Å². The van der Waals surface area contributed by atoms with E-state index >= 15 is 0 Å². The highest BCUT2D eigenvalue weighted by molar-refractivity contribution is 5.11. The minimum absolute atomic E-state index is 0.525. The summed E-state index contributed by atoms with van der Waals surface area (Å²) in [4.78, 5) is 0. The van der Waals surface area contributed by atoms with E-state index in [9.17, 15) is 0 Å². The van der Waals surface area contributed by atoms with Gasteiger partial charge in [0.25, 0.3) is 0 Å². The third-order valence-electron chi connectivity index (χ3n) is 3.08. The van der Waals surface area contributed by atoms with Crippen molar-refractivity contribution in [1.29, 1.82) is 0 Å². The zero-order chi connectivity index (χ0) is 12.5. The van der Waals surface area contributed by atoms with E-state index in [4.69, 9.17) is 14.9 Å². The van der Waals surface area contributed by atoms with Crippen molar-refractivity contribution in [2.24, 2.45) is 11.7 Å². The molecule has 98 valence electrons. The van der Waals surface area contributed by atoms with Gasteiger partial charge in [-0.1, -0.05) is 33.1 Å². The van der Waals surface area contributed by atoms with Gasteiger partial charge in [-0.15, -0.1) is 0 Å². The zero-order valence-electron chi connectivity index (χ0n) is 11.1. The predicted molar refractivity (Wildman–Crippen MR) is 69.6 cm³/mol. The Morgan fingerprint density at radius 1 is 1.41 bits per heavy atom. The molecule has 0 saturated carbocycles. The molecule has 0 aliphatic carbocycles. The number of hydrogen-bond acceptors (Lipinski definition) is 3. The van der Waals surface area contributed by atoms with E-state index < -0.39 is 0 Å². The Bertz CT molecular complexity index is 296. The van der Waals surface area contributed by atoms with Crippen molar-refractivity contribution in [3.05, 3.63) is 23.7 Å². The second-order valence-corrected chi connectivity index (χ2v) is 4.56. The van der Waals surface area contributed by atoms with Crippen LogP contribution in [0.5, 0.6) is 0 Å². The summed E-state index contributed by atoms with van der Waals surface area (Å²) in [5.41, 5.74) is 6.54. The average molecular weight is 239 g/mol. The van der Waals surface area contributed by atoms with Crippen molar-refractivity contribution >= 4 is 0 Å². The maximum atomic E-state index is 5.69. The third-order valence-corrected chi connectivity index (χ3v) is 3.08. The van der Waals surface area contributed by atoms with Crippen LogP contribution in [0, 0.1) is 5.92 Å². The standard InChI is InChI=1S/C14H25NO2/c1-3-5-6-12(4-2)9-16-11-14-7-13(8-15)10-17-14/h7,10,12H,3-6,8-9,11,15H2,1-2H3. The number of furan rings is 1. The fourth-order valence-electron chi connectivity index (χ4n) is 1.83. The van der Waals surface area contributed by atoms with E-state index in [0.717, 1.165) is 17.9 Å². The Morgan fingerprint density at radius 3 is 2.82 bits per heavy atom. The molecule has 0 bridgehead atoms. The van der Waals surface area contributed by atoms with E-state index in [1.807, 2.05) is 6.07 Å². The van der Waals surface area contributed by atoms with Crippen LogP contribution in [0.2, 0.25) is 0 Å². The highest BCUT2D eigenvalue weighted by atomic mass is 16.5. The molecule has 1 aromatic rings.